The highest BCUT2D eigenvalue weighted by Gasteiger charge is 2.31. The fourth-order valence-electron chi connectivity index (χ4n) is 2.83. The summed E-state index contributed by atoms with van der Waals surface area (Å²) in [5.41, 5.74) is 2.18. The van der Waals surface area contributed by atoms with Crippen LogP contribution >= 0.6 is 11.8 Å². The van der Waals surface area contributed by atoms with Crippen LogP contribution in [0.5, 0.6) is 0 Å². The molecule has 116 valence electrons. The van der Waals surface area contributed by atoms with E-state index < -0.39 is 10.0 Å². The number of benzene rings is 1. The standard InChI is InChI=1S/C15H22N2O2S2/c1-15(2)6-8-17(9-10-20-15)21(18,19)13-3-4-14-12(11-13)5-7-16-14/h3-4,11,16H,5-10H2,1-2H3. The lowest BCUT2D eigenvalue weighted by molar-refractivity contribution is 0.415. The molecule has 1 N–H and O–H groups in total. The molecule has 1 saturated heterocycles. The number of hydrogen-bond donors (Lipinski definition) is 1. The summed E-state index contributed by atoms with van der Waals surface area (Å²) in [5.74, 6) is 0.860. The number of nitrogens with one attached hydrogen (secondary N) is 1. The highest BCUT2D eigenvalue weighted by Crippen LogP contribution is 2.33. The predicted octanol–water partition coefficient (Wildman–Crippen LogP) is 2.56. The molecule has 6 heteroatoms. The van der Waals surface area contributed by atoms with Crippen LogP contribution < -0.4 is 5.32 Å². The summed E-state index contributed by atoms with van der Waals surface area (Å²) in [6.45, 7) is 6.49. The lowest BCUT2D eigenvalue weighted by atomic mass is 10.1. The Hall–Kier alpha value is -0.720. The van der Waals surface area contributed by atoms with Crippen molar-refractivity contribution >= 4 is 27.5 Å². The minimum atomic E-state index is -3.36. The third-order valence-electron chi connectivity index (χ3n) is 4.22. The van der Waals surface area contributed by atoms with Gasteiger partial charge in [-0.25, -0.2) is 8.42 Å². The van der Waals surface area contributed by atoms with Gasteiger partial charge >= 0.3 is 0 Å². The Morgan fingerprint density at radius 3 is 2.90 bits per heavy atom. The molecule has 1 fully saturated rings. The Bertz CT molecular complexity index is 641. The number of thioether (sulfide) groups is 1. The summed E-state index contributed by atoms with van der Waals surface area (Å²) in [4.78, 5) is 0.439. The van der Waals surface area contributed by atoms with Gasteiger partial charge in [-0.15, -0.1) is 0 Å². The van der Waals surface area contributed by atoms with E-state index in [0.29, 0.717) is 18.0 Å². The predicted molar refractivity (Wildman–Crippen MR) is 88.5 cm³/mol. The Morgan fingerprint density at radius 1 is 1.29 bits per heavy atom. The molecule has 1 aromatic rings. The Morgan fingerprint density at radius 2 is 2.10 bits per heavy atom. The van der Waals surface area contributed by atoms with Crippen molar-refractivity contribution in [1.29, 1.82) is 0 Å². The highest BCUT2D eigenvalue weighted by molar-refractivity contribution is 8.00. The maximum absolute atomic E-state index is 12.8. The summed E-state index contributed by atoms with van der Waals surface area (Å²) < 4.78 is 27.5. The largest absolute Gasteiger partial charge is 0.384 e. The molecule has 0 radical (unpaired) electrons. The molecular weight excluding hydrogens is 304 g/mol. The van der Waals surface area contributed by atoms with Crippen LogP contribution in [-0.2, 0) is 16.4 Å². The third kappa shape index (κ3) is 3.07. The molecule has 21 heavy (non-hydrogen) atoms. The van der Waals surface area contributed by atoms with Gasteiger partial charge in [0.1, 0.15) is 0 Å². The Balaban J connectivity index is 1.86. The van der Waals surface area contributed by atoms with Crippen LogP contribution in [0.15, 0.2) is 23.1 Å². The van der Waals surface area contributed by atoms with Crippen LogP contribution in [0.4, 0.5) is 5.69 Å². The Kier molecular flexibility index (Phi) is 3.96. The first kappa shape index (κ1) is 15.2. The molecule has 0 spiro atoms. The zero-order valence-corrected chi connectivity index (χ0v) is 14.2. The van der Waals surface area contributed by atoms with E-state index in [0.717, 1.165) is 36.4 Å². The zero-order valence-electron chi connectivity index (χ0n) is 12.6. The van der Waals surface area contributed by atoms with Crippen LogP contribution in [0.1, 0.15) is 25.8 Å². The van der Waals surface area contributed by atoms with Gasteiger partial charge < -0.3 is 5.32 Å². The normalized spacial score (nSPS) is 22.4. The molecule has 2 aliphatic heterocycles. The SMILES string of the molecule is CC1(C)CCN(S(=O)(=O)c2ccc3c(c2)CCN3)CCS1. The van der Waals surface area contributed by atoms with Gasteiger partial charge in [0.15, 0.2) is 0 Å². The summed E-state index contributed by atoms with van der Waals surface area (Å²) in [5, 5.41) is 3.27. The molecule has 0 bridgehead atoms. The van der Waals surface area contributed by atoms with Gasteiger partial charge in [0.25, 0.3) is 0 Å². The smallest absolute Gasteiger partial charge is 0.243 e. The lowest BCUT2D eigenvalue weighted by Gasteiger charge is -2.22. The second-order valence-electron chi connectivity index (χ2n) is 6.26. The first-order valence-electron chi connectivity index (χ1n) is 7.39. The molecule has 0 aliphatic carbocycles. The summed E-state index contributed by atoms with van der Waals surface area (Å²) in [7, 11) is -3.36. The van der Waals surface area contributed by atoms with E-state index in [1.165, 1.54) is 0 Å². The van der Waals surface area contributed by atoms with E-state index in [2.05, 4.69) is 19.2 Å². The molecule has 0 aromatic heterocycles. The number of fused-ring (bicyclic) bond motifs is 1. The van der Waals surface area contributed by atoms with Gasteiger partial charge in [-0.05, 0) is 36.6 Å². The first-order valence-corrected chi connectivity index (χ1v) is 9.82. The van der Waals surface area contributed by atoms with Crippen LogP contribution in [0.3, 0.4) is 0 Å². The van der Waals surface area contributed by atoms with Crippen molar-refractivity contribution in [1.82, 2.24) is 4.31 Å². The molecule has 0 saturated carbocycles. The number of hydrogen-bond acceptors (Lipinski definition) is 4. The topological polar surface area (TPSA) is 49.4 Å². The maximum atomic E-state index is 12.8. The zero-order chi connectivity index (χ0) is 15.1. The molecule has 0 amide bonds. The van der Waals surface area contributed by atoms with Crippen molar-refractivity contribution in [2.24, 2.45) is 0 Å². The Labute approximate surface area is 131 Å². The number of rotatable bonds is 2. The first-order chi connectivity index (χ1) is 9.88. The van der Waals surface area contributed by atoms with Gasteiger partial charge in [-0.3, -0.25) is 0 Å². The second kappa shape index (κ2) is 5.48. The average molecular weight is 326 g/mol. The molecule has 0 atom stereocenters. The van der Waals surface area contributed by atoms with Gasteiger partial charge in [-0.1, -0.05) is 13.8 Å². The van der Waals surface area contributed by atoms with Crippen molar-refractivity contribution in [3.8, 4) is 0 Å². The van der Waals surface area contributed by atoms with Gasteiger partial charge in [0.2, 0.25) is 10.0 Å². The molecule has 1 aromatic carbocycles. The van der Waals surface area contributed by atoms with Crippen LogP contribution in [0.25, 0.3) is 0 Å². The van der Waals surface area contributed by atoms with Crippen molar-refractivity contribution in [3.05, 3.63) is 23.8 Å². The lowest BCUT2D eigenvalue weighted by Crippen LogP contribution is -2.33. The van der Waals surface area contributed by atoms with E-state index in [-0.39, 0.29) is 4.75 Å². The van der Waals surface area contributed by atoms with Gasteiger partial charge in [-0.2, -0.15) is 16.1 Å². The molecule has 4 nitrogen and oxygen atoms in total. The van der Waals surface area contributed by atoms with Crippen molar-refractivity contribution in [2.75, 3.05) is 30.7 Å². The quantitative estimate of drug-likeness (QED) is 0.907. The highest BCUT2D eigenvalue weighted by atomic mass is 32.2. The summed E-state index contributed by atoms with van der Waals surface area (Å²) in [6.07, 6.45) is 1.80. The second-order valence-corrected chi connectivity index (χ2v) is 10.00. The molecule has 3 rings (SSSR count). The minimum absolute atomic E-state index is 0.159. The van der Waals surface area contributed by atoms with E-state index >= 15 is 0 Å². The van der Waals surface area contributed by atoms with Crippen molar-refractivity contribution in [3.63, 3.8) is 0 Å². The van der Waals surface area contributed by atoms with Crippen LogP contribution in [0.2, 0.25) is 0 Å². The fourth-order valence-corrected chi connectivity index (χ4v) is 5.54. The monoisotopic (exact) mass is 326 g/mol. The minimum Gasteiger partial charge on any atom is -0.384 e. The van der Waals surface area contributed by atoms with E-state index in [9.17, 15) is 8.42 Å². The number of nitrogens with zero attached hydrogens (tertiary/aromatic N) is 1. The molecule has 0 unspecified atom stereocenters. The fraction of sp³-hybridized carbons (Fsp3) is 0.600. The van der Waals surface area contributed by atoms with E-state index in [1.807, 2.05) is 23.9 Å². The van der Waals surface area contributed by atoms with Crippen molar-refractivity contribution in [2.45, 2.75) is 36.3 Å². The third-order valence-corrected chi connectivity index (χ3v) is 7.49. The summed E-state index contributed by atoms with van der Waals surface area (Å²) >= 11 is 1.86. The molecule has 2 aliphatic rings. The molecule has 2 heterocycles. The van der Waals surface area contributed by atoms with Gasteiger partial charge in [0.05, 0.1) is 4.90 Å². The number of anilines is 1. The van der Waals surface area contributed by atoms with Crippen molar-refractivity contribution < 1.29 is 8.42 Å². The van der Waals surface area contributed by atoms with E-state index in [1.54, 1.807) is 10.4 Å². The number of sulfonamides is 1. The van der Waals surface area contributed by atoms with Crippen LogP contribution in [0, 0.1) is 0 Å². The van der Waals surface area contributed by atoms with Gasteiger partial charge in [0, 0.05) is 35.8 Å². The average Bonchev–Trinajstić information content (AvgIpc) is 2.81. The summed E-state index contributed by atoms with van der Waals surface area (Å²) in [6, 6.07) is 5.47. The molecular formula is C15H22N2O2S2. The van der Waals surface area contributed by atoms with E-state index in [4.69, 9.17) is 0 Å². The maximum Gasteiger partial charge on any atom is 0.243 e. The van der Waals surface area contributed by atoms with Crippen LogP contribution in [-0.4, -0.2) is 42.9 Å².